The molecule has 3 nitrogen and oxygen atoms in total. The first-order valence-corrected chi connectivity index (χ1v) is 2.78. The van der Waals surface area contributed by atoms with Crippen LogP contribution in [-0.2, 0) is 9.53 Å². The quantitative estimate of drug-likeness (QED) is 0.270. The van der Waals surface area contributed by atoms with Crippen LogP contribution in [0.25, 0.3) is 0 Å². The third-order valence-corrected chi connectivity index (χ3v) is 0.814. The number of aliphatic carboxylic acids is 1. The lowest BCUT2D eigenvalue weighted by Crippen LogP contribution is -2.06. The molecule has 0 saturated heterocycles. The summed E-state index contributed by atoms with van der Waals surface area (Å²) in [6, 6.07) is 0. The monoisotopic (exact) mass is 168 g/mol. The number of carboxylic acids is 1. The van der Waals surface area contributed by atoms with E-state index in [9.17, 15) is 4.79 Å². The SMILES string of the molecule is C=CCOCC(=C)C(=O)O.[MgH2]. The minimum atomic E-state index is -1.02. The predicted octanol–water partition coefficient (Wildman–Crippen LogP) is -0.0864. The van der Waals surface area contributed by atoms with E-state index in [1.165, 1.54) is 0 Å². The highest BCUT2D eigenvalue weighted by Gasteiger charge is 2.01. The van der Waals surface area contributed by atoms with Crippen molar-refractivity contribution < 1.29 is 14.6 Å². The average molecular weight is 168 g/mol. The summed E-state index contributed by atoms with van der Waals surface area (Å²) in [7, 11) is 0. The maximum absolute atomic E-state index is 10.1. The van der Waals surface area contributed by atoms with Crippen LogP contribution in [0.5, 0.6) is 0 Å². The zero-order chi connectivity index (χ0) is 7.98. The van der Waals surface area contributed by atoms with E-state index in [2.05, 4.69) is 13.2 Å². The summed E-state index contributed by atoms with van der Waals surface area (Å²) < 4.78 is 4.81. The Bertz CT molecular complexity index is 154. The number of rotatable bonds is 5. The van der Waals surface area contributed by atoms with Crippen molar-refractivity contribution in [2.75, 3.05) is 13.2 Å². The molecule has 0 heterocycles. The average Bonchev–Trinajstić information content (AvgIpc) is 1.88. The Morgan fingerprint density at radius 2 is 2.18 bits per heavy atom. The molecule has 0 aliphatic rings. The minimum Gasteiger partial charge on any atom is -0.478 e. The van der Waals surface area contributed by atoms with Crippen molar-refractivity contribution in [3.05, 3.63) is 24.8 Å². The topological polar surface area (TPSA) is 46.5 Å². The van der Waals surface area contributed by atoms with Gasteiger partial charge in [-0.25, -0.2) is 4.79 Å². The van der Waals surface area contributed by atoms with Crippen LogP contribution in [0.3, 0.4) is 0 Å². The lowest BCUT2D eigenvalue weighted by molar-refractivity contribution is -0.133. The van der Waals surface area contributed by atoms with E-state index in [-0.39, 0.29) is 35.2 Å². The number of hydrogen-bond acceptors (Lipinski definition) is 2. The highest BCUT2D eigenvalue weighted by Crippen LogP contribution is 1.90. The number of carbonyl (C=O) groups is 1. The molecule has 4 heteroatoms. The Morgan fingerprint density at radius 3 is 2.55 bits per heavy atom. The smallest absolute Gasteiger partial charge is 0.333 e. The third kappa shape index (κ3) is 7.57. The molecule has 0 aliphatic carbocycles. The van der Waals surface area contributed by atoms with Gasteiger partial charge in [-0.1, -0.05) is 12.7 Å². The van der Waals surface area contributed by atoms with Gasteiger partial charge in [0.2, 0.25) is 0 Å². The van der Waals surface area contributed by atoms with Gasteiger partial charge >= 0.3 is 29.0 Å². The zero-order valence-electron chi connectivity index (χ0n) is 5.67. The molecule has 60 valence electrons. The predicted molar refractivity (Wildman–Crippen MR) is 46.3 cm³/mol. The van der Waals surface area contributed by atoms with Crippen LogP contribution >= 0.6 is 0 Å². The summed E-state index contributed by atoms with van der Waals surface area (Å²) in [5.74, 6) is -1.02. The summed E-state index contributed by atoms with van der Waals surface area (Å²) in [5.41, 5.74) is 0.0573. The first-order valence-electron chi connectivity index (χ1n) is 2.78. The molecule has 0 aromatic rings. The van der Waals surface area contributed by atoms with E-state index in [1.54, 1.807) is 6.08 Å². The maximum atomic E-state index is 10.1. The van der Waals surface area contributed by atoms with E-state index in [4.69, 9.17) is 9.84 Å². The molecule has 0 radical (unpaired) electrons. The summed E-state index contributed by atoms with van der Waals surface area (Å²) in [4.78, 5) is 10.1. The highest BCUT2D eigenvalue weighted by molar-refractivity contribution is 5.85. The van der Waals surface area contributed by atoms with Gasteiger partial charge in [-0.15, -0.1) is 6.58 Å². The highest BCUT2D eigenvalue weighted by atomic mass is 24.3. The fourth-order valence-corrected chi connectivity index (χ4v) is 0.327. The van der Waals surface area contributed by atoms with E-state index < -0.39 is 5.97 Å². The van der Waals surface area contributed by atoms with Crippen molar-refractivity contribution in [2.24, 2.45) is 0 Å². The molecule has 1 N–H and O–H groups in total. The molecule has 0 unspecified atom stereocenters. The van der Waals surface area contributed by atoms with Crippen LogP contribution in [0.4, 0.5) is 0 Å². The van der Waals surface area contributed by atoms with Crippen LogP contribution in [0.15, 0.2) is 24.8 Å². The van der Waals surface area contributed by atoms with Gasteiger partial charge in [0.05, 0.1) is 18.8 Å². The Hall–Kier alpha value is -0.324. The standard InChI is InChI=1S/C7H10O3.Mg.2H/c1-3-4-10-5-6(2)7(8)9;;;/h3H,1-2,4-5H2,(H,8,9);;;. The first kappa shape index (κ1) is 13.3. The Balaban J connectivity index is 0. The van der Waals surface area contributed by atoms with Gasteiger partial charge in [0.25, 0.3) is 0 Å². The van der Waals surface area contributed by atoms with Crippen LogP contribution < -0.4 is 0 Å². The van der Waals surface area contributed by atoms with E-state index >= 15 is 0 Å². The molecule has 0 aromatic heterocycles. The molecule has 0 aromatic carbocycles. The fourth-order valence-electron chi connectivity index (χ4n) is 0.327. The summed E-state index contributed by atoms with van der Waals surface area (Å²) in [6.07, 6.45) is 1.55. The second-order valence-corrected chi connectivity index (χ2v) is 1.71. The molecule has 0 rings (SSSR count). The maximum Gasteiger partial charge on any atom is 0.333 e. The normalized spacial score (nSPS) is 8.00. The summed E-state index contributed by atoms with van der Waals surface area (Å²) >= 11 is 0. The molecule has 0 aliphatic heterocycles. The van der Waals surface area contributed by atoms with Crippen molar-refractivity contribution in [3.63, 3.8) is 0 Å². The zero-order valence-corrected chi connectivity index (χ0v) is 5.67. The number of hydrogen-bond donors (Lipinski definition) is 1. The Kier molecular flexibility index (Phi) is 9.39. The van der Waals surface area contributed by atoms with Crippen LogP contribution in [0.2, 0.25) is 0 Å². The van der Waals surface area contributed by atoms with E-state index in [0.717, 1.165) is 0 Å². The Morgan fingerprint density at radius 1 is 1.64 bits per heavy atom. The second-order valence-electron chi connectivity index (χ2n) is 1.71. The molecule has 0 spiro atoms. The van der Waals surface area contributed by atoms with Crippen molar-refractivity contribution in [3.8, 4) is 0 Å². The van der Waals surface area contributed by atoms with Crippen LogP contribution in [0, 0.1) is 0 Å². The van der Waals surface area contributed by atoms with Crippen molar-refractivity contribution in [1.82, 2.24) is 0 Å². The largest absolute Gasteiger partial charge is 0.478 e. The van der Waals surface area contributed by atoms with Crippen LogP contribution in [0.1, 0.15) is 0 Å². The van der Waals surface area contributed by atoms with Gasteiger partial charge in [0.15, 0.2) is 0 Å². The van der Waals surface area contributed by atoms with Gasteiger partial charge in [0, 0.05) is 0 Å². The summed E-state index contributed by atoms with van der Waals surface area (Å²) in [6.45, 7) is 7.08. The van der Waals surface area contributed by atoms with Crippen molar-refractivity contribution in [2.45, 2.75) is 0 Å². The lowest BCUT2D eigenvalue weighted by atomic mass is 10.3. The molecule has 11 heavy (non-hydrogen) atoms. The van der Waals surface area contributed by atoms with Gasteiger partial charge in [-0.3, -0.25) is 0 Å². The summed E-state index contributed by atoms with van der Waals surface area (Å²) in [5, 5.41) is 8.28. The van der Waals surface area contributed by atoms with Gasteiger partial charge in [-0.05, 0) is 0 Å². The molecular formula is C7H12MgO3. The van der Waals surface area contributed by atoms with E-state index in [0.29, 0.717) is 6.61 Å². The minimum absolute atomic E-state index is 0. The van der Waals surface area contributed by atoms with Crippen molar-refractivity contribution in [1.29, 1.82) is 0 Å². The molecule has 0 bridgehead atoms. The third-order valence-electron chi connectivity index (χ3n) is 0.814. The second kappa shape index (κ2) is 7.78. The molecule has 0 atom stereocenters. The number of ether oxygens (including phenoxy) is 1. The fraction of sp³-hybridized carbons (Fsp3) is 0.286. The molecule has 0 fully saturated rings. The van der Waals surface area contributed by atoms with Crippen LogP contribution in [-0.4, -0.2) is 47.3 Å². The van der Waals surface area contributed by atoms with E-state index in [1.807, 2.05) is 0 Å². The van der Waals surface area contributed by atoms with Gasteiger partial charge in [0.1, 0.15) is 0 Å². The van der Waals surface area contributed by atoms with Gasteiger partial charge < -0.3 is 9.84 Å². The molecule has 0 amide bonds. The Labute approximate surface area is 81.9 Å². The first-order chi connectivity index (χ1) is 4.68. The number of carboxylic acid groups (broad SMARTS) is 1. The molecular weight excluding hydrogens is 156 g/mol. The van der Waals surface area contributed by atoms with Crippen molar-refractivity contribution >= 4 is 29.0 Å². The molecule has 0 saturated carbocycles. The lowest BCUT2D eigenvalue weighted by Gasteiger charge is -1.98. The van der Waals surface area contributed by atoms with Gasteiger partial charge in [-0.2, -0.15) is 0 Å².